The van der Waals surface area contributed by atoms with Crippen molar-refractivity contribution >= 4 is 33.5 Å². The third-order valence-electron chi connectivity index (χ3n) is 4.97. The lowest BCUT2D eigenvalue weighted by atomic mass is 9.97. The van der Waals surface area contributed by atoms with Gasteiger partial charge in [0.15, 0.2) is 10.6 Å². The van der Waals surface area contributed by atoms with Gasteiger partial charge in [0.05, 0.1) is 11.9 Å². The Kier molecular flexibility index (Phi) is 3.99. The van der Waals surface area contributed by atoms with Crippen molar-refractivity contribution in [2.24, 2.45) is 0 Å². The fourth-order valence-electron chi connectivity index (χ4n) is 3.57. The molecule has 0 amide bonds. The quantitative estimate of drug-likeness (QED) is 0.560. The van der Waals surface area contributed by atoms with E-state index in [9.17, 15) is 4.79 Å². The molecule has 5 heterocycles. The summed E-state index contributed by atoms with van der Waals surface area (Å²) in [5.74, 6) is 0.491. The molecule has 27 heavy (non-hydrogen) atoms. The number of imidazole rings is 1. The van der Waals surface area contributed by atoms with E-state index in [1.54, 1.807) is 26.4 Å². The van der Waals surface area contributed by atoms with Crippen molar-refractivity contribution in [2.75, 3.05) is 13.1 Å². The fraction of sp³-hybridized carbons (Fsp3) is 0.333. The van der Waals surface area contributed by atoms with E-state index >= 15 is 0 Å². The van der Waals surface area contributed by atoms with Gasteiger partial charge in [-0.05, 0) is 50.4 Å². The summed E-state index contributed by atoms with van der Waals surface area (Å²) in [6.45, 7) is 3.97. The minimum atomic E-state index is -0.0883. The number of hydrogen-bond acceptors (Lipinski definition) is 6. The lowest BCUT2D eigenvalue weighted by Crippen LogP contribution is -2.26. The summed E-state index contributed by atoms with van der Waals surface area (Å²) in [6.07, 6.45) is 5.78. The lowest BCUT2D eigenvalue weighted by Gasteiger charge is -2.20. The number of piperidine rings is 1. The number of rotatable bonds is 2. The van der Waals surface area contributed by atoms with Gasteiger partial charge in [-0.25, -0.2) is 14.5 Å². The van der Waals surface area contributed by atoms with E-state index in [4.69, 9.17) is 16.6 Å². The standard InChI is InChI=1S/C18H17ClN6OS/c1-10-6-13(23-25-9-15(19)22-17(10)25)12-7-16(26)24-8-14(27-18(24)21-12)11-2-4-20-5-3-11/h6-9,11,20H,2-5H2,1H3. The number of nitrogens with zero attached hydrogens (tertiary/aromatic N) is 5. The first-order valence-electron chi connectivity index (χ1n) is 8.85. The highest BCUT2D eigenvalue weighted by molar-refractivity contribution is 7.17. The normalized spacial score (nSPS) is 15.8. The maximum absolute atomic E-state index is 12.7. The Morgan fingerprint density at radius 2 is 2.00 bits per heavy atom. The number of aryl methyl sites for hydroxylation is 1. The second-order valence-corrected chi connectivity index (χ2v) is 8.26. The predicted molar refractivity (Wildman–Crippen MR) is 106 cm³/mol. The van der Waals surface area contributed by atoms with Gasteiger partial charge in [-0.3, -0.25) is 9.20 Å². The van der Waals surface area contributed by atoms with Crippen LogP contribution >= 0.6 is 22.9 Å². The molecule has 0 aromatic carbocycles. The van der Waals surface area contributed by atoms with Crippen LogP contribution in [0.25, 0.3) is 22.0 Å². The molecule has 4 aromatic heterocycles. The molecule has 0 bridgehead atoms. The molecule has 0 spiro atoms. The highest BCUT2D eigenvalue weighted by Crippen LogP contribution is 2.31. The maximum Gasteiger partial charge on any atom is 0.259 e. The SMILES string of the molecule is Cc1cc(-c2cc(=O)n3cc(C4CCNCC4)sc3n2)nn2cc(Cl)nc12. The summed E-state index contributed by atoms with van der Waals surface area (Å²) in [5.41, 5.74) is 2.73. The average Bonchev–Trinajstić information content (AvgIpc) is 3.26. The van der Waals surface area contributed by atoms with Crippen molar-refractivity contribution in [2.45, 2.75) is 25.7 Å². The van der Waals surface area contributed by atoms with E-state index in [2.05, 4.69) is 15.4 Å². The summed E-state index contributed by atoms with van der Waals surface area (Å²) in [5, 5.41) is 8.29. The molecule has 5 rings (SSSR count). The zero-order chi connectivity index (χ0) is 18.5. The predicted octanol–water partition coefficient (Wildman–Crippen LogP) is 2.89. The van der Waals surface area contributed by atoms with Gasteiger partial charge >= 0.3 is 0 Å². The summed E-state index contributed by atoms with van der Waals surface area (Å²) in [6, 6.07) is 3.43. The summed E-state index contributed by atoms with van der Waals surface area (Å²) in [4.78, 5) is 23.6. The van der Waals surface area contributed by atoms with Gasteiger partial charge in [0.2, 0.25) is 0 Å². The highest BCUT2D eigenvalue weighted by Gasteiger charge is 2.19. The van der Waals surface area contributed by atoms with E-state index in [0.717, 1.165) is 31.5 Å². The van der Waals surface area contributed by atoms with Crippen LogP contribution in [0.4, 0.5) is 0 Å². The van der Waals surface area contributed by atoms with Crippen LogP contribution in [-0.4, -0.2) is 37.1 Å². The maximum atomic E-state index is 12.7. The van der Waals surface area contributed by atoms with Crippen LogP contribution in [0.15, 0.2) is 29.3 Å². The third kappa shape index (κ3) is 2.93. The summed E-state index contributed by atoms with van der Waals surface area (Å²) in [7, 11) is 0. The van der Waals surface area contributed by atoms with E-state index in [1.807, 2.05) is 19.2 Å². The Hall–Kier alpha value is -2.29. The largest absolute Gasteiger partial charge is 0.317 e. The van der Waals surface area contributed by atoms with Gasteiger partial charge < -0.3 is 5.32 Å². The van der Waals surface area contributed by atoms with Crippen LogP contribution in [0.2, 0.25) is 5.15 Å². The lowest BCUT2D eigenvalue weighted by molar-refractivity contribution is 0.464. The number of nitrogens with one attached hydrogen (secondary N) is 1. The summed E-state index contributed by atoms with van der Waals surface area (Å²) < 4.78 is 3.27. The van der Waals surface area contributed by atoms with Crippen molar-refractivity contribution in [3.63, 3.8) is 0 Å². The molecular weight excluding hydrogens is 384 g/mol. The van der Waals surface area contributed by atoms with Gasteiger partial charge in [-0.1, -0.05) is 11.6 Å². The zero-order valence-electron chi connectivity index (χ0n) is 14.6. The second kappa shape index (κ2) is 6.40. The Bertz CT molecular complexity index is 1220. The molecule has 1 N–H and O–H groups in total. The van der Waals surface area contributed by atoms with E-state index in [1.165, 1.54) is 10.9 Å². The minimum Gasteiger partial charge on any atom is -0.317 e. The fourth-order valence-corrected chi connectivity index (χ4v) is 4.90. The van der Waals surface area contributed by atoms with Crippen molar-refractivity contribution in [3.05, 3.63) is 50.5 Å². The van der Waals surface area contributed by atoms with E-state index < -0.39 is 0 Å². The van der Waals surface area contributed by atoms with Gasteiger partial charge in [0, 0.05) is 17.1 Å². The van der Waals surface area contributed by atoms with Crippen LogP contribution in [0.5, 0.6) is 0 Å². The Labute approximate surface area is 163 Å². The van der Waals surface area contributed by atoms with Crippen molar-refractivity contribution < 1.29 is 0 Å². The molecule has 0 atom stereocenters. The molecule has 1 aliphatic rings. The smallest absolute Gasteiger partial charge is 0.259 e. The average molecular weight is 401 g/mol. The van der Waals surface area contributed by atoms with Crippen LogP contribution in [0.1, 0.15) is 29.2 Å². The Morgan fingerprint density at radius 3 is 2.81 bits per heavy atom. The van der Waals surface area contributed by atoms with Crippen molar-refractivity contribution in [3.8, 4) is 11.4 Å². The van der Waals surface area contributed by atoms with Crippen LogP contribution in [-0.2, 0) is 0 Å². The number of hydrogen-bond donors (Lipinski definition) is 1. The molecule has 1 saturated heterocycles. The molecular formula is C18H17ClN6OS. The highest BCUT2D eigenvalue weighted by atomic mass is 35.5. The monoisotopic (exact) mass is 400 g/mol. The van der Waals surface area contributed by atoms with Crippen molar-refractivity contribution in [1.29, 1.82) is 0 Å². The number of thiazole rings is 1. The summed E-state index contributed by atoms with van der Waals surface area (Å²) >= 11 is 7.58. The topological polar surface area (TPSA) is 76.6 Å². The minimum absolute atomic E-state index is 0.0883. The molecule has 9 heteroatoms. The second-order valence-electron chi connectivity index (χ2n) is 6.83. The van der Waals surface area contributed by atoms with E-state index in [-0.39, 0.29) is 5.56 Å². The molecule has 0 radical (unpaired) electrons. The van der Waals surface area contributed by atoms with Gasteiger partial charge in [0.1, 0.15) is 10.8 Å². The van der Waals surface area contributed by atoms with Crippen LogP contribution in [0.3, 0.4) is 0 Å². The van der Waals surface area contributed by atoms with Gasteiger partial charge in [0.25, 0.3) is 5.56 Å². The molecule has 0 saturated carbocycles. The van der Waals surface area contributed by atoms with Crippen LogP contribution < -0.4 is 10.9 Å². The molecule has 1 fully saturated rings. The first-order chi connectivity index (χ1) is 13.1. The zero-order valence-corrected chi connectivity index (χ0v) is 16.2. The molecule has 138 valence electrons. The van der Waals surface area contributed by atoms with Gasteiger partial charge in [-0.2, -0.15) is 5.10 Å². The number of fused-ring (bicyclic) bond motifs is 2. The number of aromatic nitrogens is 5. The van der Waals surface area contributed by atoms with Crippen molar-refractivity contribution in [1.82, 2.24) is 29.3 Å². The third-order valence-corrected chi connectivity index (χ3v) is 6.30. The molecule has 7 nitrogen and oxygen atoms in total. The first-order valence-corrected chi connectivity index (χ1v) is 10.0. The molecule has 4 aromatic rings. The van der Waals surface area contributed by atoms with Crippen LogP contribution in [0, 0.1) is 6.92 Å². The van der Waals surface area contributed by atoms with E-state index in [0.29, 0.717) is 33.1 Å². The Balaban J connectivity index is 1.62. The Morgan fingerprint density at radius 1 is 1.19 bits per heavy atom. The molecule has 0 aliphatic carbocycles. The molecule has 0 unspecified atom stereocenters. The number of halogens is 1. The molecule has 1 aliphatic heterocycles. The van der Waals surface area contributed by atoms with Gasteiger partial charge in [-0.15, -0.1) is 11.3 Å². The first kappa shape index (κ1) is 16.9.